The first-order valence-electron chi connectivity index (χ1n) is 6.15. The van der Waals surface area contributed by atoms with Crippen LogP contribution in [0.15, 0.2) is 18.2 Å². The minimum Gasteiger partial charge on any atom is -0.355 e. The lowest BCUT2D eigenvalue weighted by molar-refractivity contribution is -0.116. The van der Waals surface area contributed by atoms with Crippen LogP contribution in [0.1, 0.15) is 29.8 Å². The Bertz CT molecular complexity index is 486. The minimum atomic E-state index is -0.254. The van der Waals surface area contributed by atoms with Gasteiger partial charge in [0.15, 0.2) is 0 Å². The van der Waals surface area contributed by atoms with Gasteiger partial charge in [-0.2, -0.15) is 0 Å². The van der Waals surface area contributed by atoms with Crippen LogP contribution in [0.2, 0.25) is 0 Å². The van der Waals surface area contributed by atoms with E-state index >= 15 is 0 Å². The first-order chi connectivity index (χ1) is 8.88. The van der Waals surface area contributed by atoms with Gasteiger partial charge < -0.3 is 10.6 Å². The minimum absolute atomic E-state index is 0.104. The van der Waals surface area contributed by atoms with Crippen molar-refractivity contribution in [1.82, 2.24) is 5.32 Å². The van der Waals surface area contributed by atoms with Crippen LogP contribution in [-0.4, -0.2) is 23.7 Å². The van der Waals surface area contributed by atoms with Crippen molar-refractivity contribution < 1.29 is 9.59 Å². The number of halogens is 1. The maximum absolute atomic E-state index is 12.0. The third-order valence-corrected chi connectivity index (χ3v) is 4.37. The summed E-state index contributed by atoms with van der Waals surface area (Å²) in [5.74, 6) is -0.0672. The van der Waals surface area contributed by atoms with Gasteiger partial charge in [0, 0.05) is 18.3 Å². The van der Waals surface area contributed by atoms with E-state index in [0.29, 0.717) is 11.3 Å². The van der Waals surface area contributed by atoms with Crippen LogP contribution in [0, 0.1) is 12.8 Å². The number of alkyl halides is 1. The molecule has 2 amide bonds. The van der Waals surface area contributed by atoms with E-state index in [4.69, 9.17) is 0 Å². The number of amides is 2. The molecule has 4 nitrogen and oxygen atoms in total. The van der Waals surface area contributed by atoms with Crippen LogP contribution in [0.4, 0.5) is 5.69 Å². The number of carbonyl (C=O) groups excluding carboxylic acids is 2. The largest absolute Gasteiger partial charge is 0.355 e. The van der Waals surface area contributed by atoms with Gasteiger partial charge in [-0.05, 0) is 30.5 Å². The molecule has 0 radical (unpaired) electrons. The van der Waals surface area contributed by atoms with Crippen molar-refractivity contribution in [2.75, 3.05) is 12.4 Å². The molecule has 0 aliphatic heterocycles. The van der Waals surface area contributed by atoms with E-state index < -0.39 is 0 Å². The number of carbonyl (C=O) groups is 2. The fourth-order valence-corrected chi connectivity index (χ4v) is 1.77. The lowest BCUT2D eigenvalue weighted by Crippen LogP contribution is -2.28. The summed E-state index contributed by atoms with van der Waals surface area (Å²) in [5.41, 5.74) is 1.99. The second kappa shape index (κ2) is 6.70. The monoisotopic (exact) mass is 326 g/mol. The predicted octanol–water partition coefficient (Wildman–Crippen LogP) is 2.71. The molecule has 1 aromatic carbocycles. The molecule has 0 aliphatic carbocycles. The molecule has 0 saturated carbocycles. The maximum Gasteiger partial charge on any atom is 0.251 e. The van der Waals surface area contributed by atoms with Crippen molar-refractivity contribution in [1.29, 1.82) is 0 Å². The predicted molar refractivity (Wildman–Crippen MR) is 80.8 cm³/mol. The van der Waals surface area contributed by atoms with Crippen LogP contribution in [0.5, 0.6) is 0 Å². The first kappa shape index (κ1) is 15.7. The van der Waals surface area contributed by atoms with E-state index in [1.54, 1.807) is 25.2 Å². The van der Waals surface area contributed by atoms with Gasteiger partial charge in [0.25, 0.3) is 5.91 Å². The average molecular weight is 327 g/mol. The van der Waals surface area contributed by atoms with E-state index in [0.717, 1.165) is 5.56 Å². The summed E-state index contributed by atoms with van der Waals surface area (Å²) < 4.78 is 0. The number of rotatable bonds is 4. The molecule has 0 bridgehead atoms. The van der Waals surface area contributed by atoms with Crippen molar-refractivity contribution in [2.24, 2.45) is 5.92 Å². The molecule has 0 aromatic heterocycles. The lowest BCUT2D eigenvalue weighted by Gasteiger charge is -2.16. The highest BCUT2D eigenvalue weighted by atomic mass is 79.9. The first-order valence-corrected chi connectivity index (χ1v) is 7.06. The maximum atomic E-state index is 12.0. The molecular weight excluding hydrogens is 308 g/mol. The van der Waals surface area contributed by atoms with Crippen LogP contribution in [0.25, 0.3) is 0 Å². The van der Waals surface area contributed by atoms with Crippen LogP contribution >= 0.6 is 15.9 Å². The molecule has 0 fully saturated rings. The topological polar surface area (TPSA) is 58.2 Å². The summed E-state index contributed by atoms with van der Waals surface area (Å²) in [6.45, 7) is 5.75. The van der Waals surface area contributed by atoms with Crippen LogP contribution in [-0.2, 0) is 4.79 Å². The number of hydrogen-bond donors (Lipinski definition) is 2. The highest BCUT2D eigenvalue weighted by Crippen LogP contribution is 2.21. The highest BCUT2D eigenvalue weighted by molar-refractivity contribution is 9.10. The molecule has 1 aromatic rings. The van der Waals surface area contributed by atoms with Gasteiger partial charge in [0.05, 0.1) is 4.83 Å². The molecule has 2 N–H and O–H groups in total. The van der Waals surface area contributed by atoms with Crippen molar-refractivity contribution in [2.45, 2.75) is 25.6 Å². The Morgan fingerprint density at radius 1 is 1.26 bits per heavy atom. The second-order valence-corrected chi connectivity index (χ2v) is 5.68. The quantitative estimate of drug-likeness (QED) is 0.836. The zero-order chi connectivity index (χ0) is 14.6. The molecule has 1 atom stereocenters. The number of anilines is 1. The average Bonchev–Trinajstić information content (AvgIpc) is 2.39. The Balaban J connectivity index is 2.97. The Hall–Kier alpha value is -1.36. The zero-order valence-electron chi connectivity index (χ0n) is 11.6. The third-order valence-electron chi connectivity index (χ3n) is 2.90. The summed E-state index contributed by atoms with van der Waals surface area (Å²) in [6.07, 6.45) is 0. The van der Waals surface area contributed by atoms with E-state index in [-0.39, 0.29) is 22.6 Å². The van der Waals surface area contributed by atoms with E-state index in [9.17, 15) is 9.59 Å². The van der Waals surface area contributed by atoms with Crippen molar-refractivity contribution in [3.63, 3.8) is 0 Å². The standard InChI is InChI=1S/C14H19BrN2O2/c1-8(2)12(15)14(19)17-11-7-5-6-10(9(11)3)13(18)16-4/h5-8,12H,1-4H3,(H,16,18)(H,17,19). The Morgan fingerprint density at radius 2 is 1.89 bits per heavy atom. The van der Waals surface area contributed by atoms with Gasteiger partial charge in [0.2, 0.25) is 5.91 Å². The molecule has 5 heteroatoms. The Morgan fingerprint density at radius 3 is 2.42 bits per heavy atom. The van der Waals surface area contributed by atoms with E-state index in [1.165, 1.54) is 0 Å². The Kier molecular flexibility index (Phi) is 5.54. The van der Waals surface area contributed by atoms with Gasteiger partial charge in [-0.25, -0.2) is 0 Å². The Labute approximate surface area is 122 Å². The van der Waals surface area contributed by atoms with Crippen molar-refractivity contribution in [3.8, 4) is 0 Å². The normalized spacial score (nSPS) is 12.1. The fourth-order valence-electron chi connectivity index (χ4n) is 1.66. The zero-order valence-corrected chi connectivity index (χ0v) is 13.2. The molecule has 104 valence electrons. The molecular formula is C14H19BrN2O2. The molecule has 0 heterocycles. The SMILES string of the molecule is CNC(=O)c1cccc(NC(=O)C(Br)C(C)C)c1C. The highest BCUT2D eigenvalue weighted by Gasteiger charge is 2.20. The number of nitrogens with one attached hydrogen (secondary N) is 2. The smallest absolute Gasteiger partial charge is 0.251 e. The van der Waals surface area contributed by atoms with E-state index in [2.05, 4.69) is 26.6 Å². The van der Waals surface area contributed by atoms with E-state index in [1.807, 2.05) is 20.8 Å². The molecule has 0 spiro atoms. The van der Waals surface area contributed by atoms with Gasteiger partial charge >= 0.3 is 0 Å². The third kappa shape index (κ3) is 3.80. The lowest BCUT2D eigenvalue weighted by atomic mass is 10.1. The summed E-state index contributed by atoms with van der Waals surface area (Å²) in [4.78, 5) is 23.4. The fraction of sp³-hybridized carbons (Fsp3) is 0.429. The van der Waals surface area contributed by atoms with Crippen molar-refractivity contribution in [3.05, 3.63) is 29.3 Å². The van der Waals surface area contributed by atoms with Gasteiger partial charge in [0.1, 0.15) is 0 Å². The van der Waals surface area contributed by atoms with Crippen molar-refractivity contribution >= 4 is 33.4 Å². The van der Waals surface area contributed by atoms with Gasteiger partial charge in [-0.15, -0.1) is 0 Å². The molecule has 1 unspecified atom stereocenters. The summed E-state index contributed by atoms with van der Waals surface area (Å²) in [5, 5.41) is 5.43. The molecule has 19 heavy (non-hydrogen) atoms. The number of hydrogen-bond acceptors (Lipinski definition) is 2. The number of benzene rings is 1. The second-order valence-electron chi connectivity index (χ2n) is 4.69. The van der Waals surface area contributed by atoms with Crippen LogP contribution in [0.3, 0.4) is 0 Å². The molecule has 0 saturated heterocycles. The summed E-state index contributed by atoms with van der Waals surface area (Å²) in [7, 11) is 1.58. The molecule has 1 rings (SSSR count). The summed E-state index contributed by atoms with van der Waals surface area (Å²) in [6, 6.07) is 5.28. The molecule has 0 aliphatic rings. The van der Waals surface area contributed by atoms with Gasteiger partial charge in [-0.1, -0.05) is 35.8 Å². The van der Waals surface area contributed by atoms with Crippen LogP contribution < -0.4 is 10.6 Å². The van der Waals surface area contributed by atoms with Gasteiger partial charge in [-0.3, -0.25) is 9.59 Å². The summed E-state index contributed by atoms with van der Waals surface area (Å²) >= 11 is 3.36.